The molecular formula is C26H25ClN4O4. The molecule has 0 saturated heterocycles. The number of hydrogen-bond acceptors (Lipinski definition) is 6. The fourth-order valence-electron chi connectivity index (χ4n) is 3.87. The molecule has 0 fully saturated rings. The van der Waals surface area contributed by atoms with E-state index in [1.54, 1.807) is 21.1 Å². The molecule has 1 aliphatic rings. The van der Waals surface area contributed by atoms with Crippen LogP contribution in [0, 0.1) is 6.92 Å². The Kier molecular flexibility index (Phi) is 7.31. The number of aryl methyl sites for hydroxylation is 2. The number of aromatic nitrogens is 2. The second-order valence-corrected chi connectivity index (χ2v) is 8.36. The van der Waals surface area contributed by atoms with Crippen LogP contribution in [-0.4, -0.2) is 46.1 Å². The van der Waals surface area contributed by atoms with Crippen LogP contribution in [0.5, 0.6) is 5.75 Å². The number of carbonyl (C=O) groups excluding carboxylic acids is 2. The summed E-state index contributed by atoms with van der Waals surface area (Å²) in [7, 11) is 3.31. The van der Waals surface area contributed by atoms with E-state index in [4.69, 9.17) is 21.1 Å². The van der Waals surface area contributed by atoms with Gasteiger partial charge in [0.15, 0.2) is 6.61 Å². The molecule has 0 spiro atoms. The number of hydrogen-bond donors (Lipinski definition) is 0. The van der Waals surface area contributed by atoms with Crippen LogP contribution < -0.4 is 4.74 Å². The van der Waals surface area contributed by atoms with E-state index < -0.39 is 18.5 Å². The van der Waals surface area contributed by atoms with Crippen molar-refractivity contribution in [3.63, 3.8) is 0 Å². The van der Waals surface area contributed by atoms with E-state index in [0.29, 0.717) is 22.8 Å². The van der Waals surface area contributed by atoms with Gasteiger partial charge in [0.25, 0.3) is 5.91 Å². The number of ether oxygens (including phenoxy) is 2. The Balaban J connectivity index is 1.48. The largest absolute Gasteiger partial charge is 0.497 e. The standard InChI is InChI=1S/C26H25ClN4O4/c1-17-21(26(27)30(2)28-17)13-14-25(33)35-16-24(32)31-23(19-9-11-20(34-3)12-10-19)15-22(29-31)18-7-5-4-6-8-18/h4-14,23H,15-16H2,1-3H3/b14-13+. The predicted octanol–water partition coefficient (Wildman–Crippen LogP) is 4.32. The van der Waals surface area contributed by atoms with Crippen molar-refractivity contribution in [2.75, 3.05) is 13.7 Å². The molecule has 0 N–H and O–H groups in total. The van der Waals surface area contributed by atoms with Crippen molar-refractivity contribution in [1.82, 2.24) is 14.8 Å². The third kappa shape index (κ3) is 5.44. The number of benzene rings is 2. The zero-order chi connectivity index (χ0) is 24.9. The predicted molar refractivity (Wildman–Crippen MR) is 133 cm³/mol. The van der Waals surface area contributed by atoms with Crippen molar-refractivity contribution < 1.29 is 19.1 Å². The smallest absolute Gasteiger partial charge is 0.331 e. The monoisotopic (exact) mass is 492 g/mol. The molecule has 0 bridgehead atoms. The molecule has 1 atom stereocenters. The maximum atomic E-state index is 13.1. The molecule has 0 radical (unpaired) electrons. The number of esters is 1. The minimum absolute atomic E-state index is 0.324. The molecule has 9 heteroatoms. The van der Waals surface area contributed by atoms with Crippen LogP contribution in [0.25, 0.3) is 6.08 Å². The number of hydrazone groups is 1. The Bertz CT molecular complexity index is 1280. The lowest BCUT2D eigenvalue weighted by Gasteiger charge is -2.22. The summed E-state index contributed by atoms with van der Waals surface area (Å²) in [5, 5.41) is 10.6. The maximum absolute atomic E-state index is 13.1. The van der Waals surface area contributed by atoms with Crippen molar-refractivity contribution in [2.45, 2.75) is 19.4 Å². The summed E-state index contributed by atoms with van der Waals surface area (Å²) in [5.41, 5.74) is 3.92. The van der Waals surface area contributed by atoms with Crippen molar-refractivity contribution in [3.8, 4) is 5.75 Å². The van der Waals surface area contributed by atoms with Crippen molar-refractivity contribution in [2.24, 2.45) is 12.1 Å². The highest BCUT2D eigenvalue weighted by molar-refractivity contribution is 6.31. The van der Waals surface area contributed by atoms with Gasteiger partial charge in [-0.1, -0.05) is 54.1 Å². The molecule has 3 aromatic rings. The minimum atomic E-state index is -0.662. The molecular weight excluding hydrogens is 468 g/mol. The van der Waals surface area contributed by atoms with Gasteiger partial charge in [0.1, 0.15) is 10.9 Å². The van der Waals surface area contributed by atoms with Crippen LogP contribution in [0.1, 0.15) is 34.8 Å². The Morgan fingerprint density at radius 3 is 2.49 bits per heavy atom. The average molecular weight is 493 g/mol. The topological polar surface area (TPSA) is 86.0 Å². The van der Waals surface area contributed by atoms with E-state index in [2.05, 4.69) is 10.2 Å². The quantitative estimate of drug-likeness (QED) is 0.362. The van der Waals surface area contributed by atoms with Crippen LogP contribution in [0.2, 0.25) is 5.15 Å². The van der Waals surface area contributed by atoms with Crippen molar-refractivity contribution in [1.29, 1.82) is 0 Å². The van der Waals surface area contributed by atoms with Gasteiger partial charge in [0.05, 0.1) is 24.6 Å². The van der Waals surface area contributed by atoms with E-state index in [-0.39, 0.29) is 6.04 Å². The highest BCUT2D eigenvalue weighted by atomic mass is 35.5. The first-order valence-corrected chi connectivity index (χ1v) is 11.4. The number of nitrogens with zero attached hydrogens (tertiary/aromatic N) is 4. The SMILES string of the molecule is COc1ccc(C2CC(c3ccccc3)=NN2C(=O)COC(=O)/C=C/c2c(C)nn(C)c2Cl)cc1. The van der Waals surface area contributed by atoms with E-state index in [1.165, 1.54) is 21.8 Å². The first-order valence-electron chi connectivity index (χ1n) is 11.0. The molecule has 35 heavy (non-hydrogen) atoms. The minimum Gasteiger partial charge on any atom is -0.497 e. The van der Waals surface area contributed by atoms with Crippen LogP contribution >= 0.6 is 11.6 Å². The first-order chi connectivity index (χ1) is 16.9. The molecule has 2 heterocycles. The number of halogens is 1. The maximum Gasteiger partial charge on any atom is 0.331 e. The fraction of sp³-hybridized carbons (Fsp3) is 0.231. The highest BCUT2D eigenvalue weighted by Gasteiger charge is 2.33. The molecule has 8 nitrogen and oxygen atoms in total. The molecule has 2 aromatic carbocycles. The third-order valence-electron chi connectivity index (χ3n) is 5.69. The van der Waals surface area contributed by atoms with Gasteiger partial charge in [0.2, 0.25) is 0 Å². The van der Waals surface area contributed by atoms with E-state index in [0.717, 1.165) is 22.6 Å². The lowest BCUT2D eigenvalue weighted by atomic mass is 9.98. The first kappa shape index (κ1) is 24.2. The van der Waals surface area contributed by atoms with Crippen LogP contribution in [0.4, 0.5) is 0 Å². The Morgan fingerprint density at radius 2 is 1.86 bits per heavy atom. The van der Waals surface area contributed by atoms with Gasteiger partial charge in [0, 0.05) is 25.1 Å². The van der Waals surface area contributed by atoms with Gasteiger partial charge in [-0.15, -0.1) is 0 Å². The summed E-state index contributed by atoms with van der Waals surface area (Å²) in [4.78, 5) is 25.4. The summed E-state index contributed by atoms with van der Waals surface area (Å²) in [6.45, 7) is 1.34. The fourth-order valence-corrected chi connectivity index (χ4v) is 4.10. The lowest BCUT2D eigenvalue weighted by molar-refractivity contribution is -0.149. The van der Waals surface area contributed by atoms with Gasteiger partial charge >= 0.3 is 5.97 Å². The second-order valence-electron chi connectivity index (χ2n) is 8.00. The summed E-state index contributed by atoms with van der Waals surface area (Å²) >= 11 is 6.18. The summed E-state index contributed by atoms with van der Waals surface area (Å²) in [6, 6.07) is 16.9. The Morgan fingerprint density at radius 1 is 1.14 bits per heavy atom. The molecule has 1 amide bonds. The third-order valence-corrected chi connectivity index (χ3v) is 6.14. The van der Waals surface area contributed by atoms with Gasteiger partial charge in [-0.3, -0.25) is 9.48 Å². The molecule has 1 unspecified atom stereocenters. The highest BCUT2D eigenvalue weighted by Crippen LogP contribution is 2.33. The summed E-state index contributed by atoms with van der Waals surface area (Å²) < 4.78 is 12.0. The molecule has 1 aliphatic heterocycles. The molecule has 0 aliphatic carbocycles. The molecule has 180 valence electrons. The zero-order valence-electron chi connectivity index (χ0n) is 19.6. The number of methoxy groups -OCH3 is 1. The lowest BCUT2D eigenvalue weighted by Crippen LogP contribution is -2.31. The Hall–Kier alpha value is -3.91. The zero-order valence-corrected chi connectivity index (χ0v) is 20.4. The van der Waals surface area contributed by atoms with E-state index >= 15 is 0 Å². The number of amides is 1. The van der Waals surface area contributed by atoms with Gasteiger partial charge in [-0.2, -0.15) is 10.2 Å². The van der Waals surface area contributed by atoms with E-state index in [9.17, 15) is 9.59 Å². The number of carbonyl (C=O) groups is 2. The average Bonchev–Trinajstić information content (AvgIpc) is 3.43. The van der Waals surface area contributed by atoms with Crippen LogP contribution in [-0.2, 0) is 21.4 Å². The van der Waals surface area contributed by atoms with Crippen LogP contribution in [0.15, 0.2) is 65.8 Å². The van der Waals surface area contributed by atoms with Crippen molar-refractivity contribution in [3.05, 3.63) is 88.2 Å². The van der Waals surface area contributed by atoms with Crippen molar-refractivity contribution >= 4 is 35.3 Å². The molecule has 1 aromatic heterocycles. The summed E-state index contributed by atoms with van der Waals surface area (Å²) in [5.74, 6) is -0.363. The van der Waals surface area contributed by atoms with E-state index in [1.807, 2.05) is 54.6 Å². The normalized spacial score (nSPS) is 15.4. The molecule has 4 rings (SSSR count). The second kappa shape index (κ2) is 10.6. The summed E-state index contributed by atoms with van der Waals surface area (Å²) in [6.07, 6.45) is 3.29. The number of rotatable bonds is 7. The van der Waals surface area contributed by atoms with Gasteiger partial charge < -0.3 is 9.47 Å². The van der Waals surface area contributed by atoms with Gasteiger partial charge in [-0.25, -0.2) is 9.80 Å². The van der Waals surface area contributed by atoms with Crippen LogP contribution in [0.3, 0.4) is 0 Å². The Labute approximate surface area is 208 Å². The van der Waals surface area contributed by atoms with Gasteiger partial charge in [-0.05, 0) is 36.3 Å². The molecule has 0 saturated carbocycles.